The second-order valence-electron chi connectivity index (χ2n) is 6.70. The van der Waals surface area contributed by atoms with E-state index >= 15 is 0 Å². The van der Waals surface area contributed by atoms with E-state index < -0.39 is 12.1 Å². The van der Waals surface area contributed by atoms with E-state index in [0.717, 1.165) is 11.1 Å². The van der Waals surface area contributed by atoms with Crippen molar-refractivity contribution in [2.75, 3.05) is 5.32 Å². The first kappa shape index (κ1) is 19.1. The molecule has 0 bridgehead atoms. The molecular weight excluding hydrogens is 380 g/mol. The Bertz CT molecular complexity index is 1170. The van der Waals surface area contributed by atoms with Crippen LogP contribution in [0.15, 0.2) is 79.3 Å². The molecule has 1 unspecified atom stereocenters. The average molecular weight is 400 g/mol. The topological polar surface area (TPSA) is 114 Å². The molecule has 0 aliphatic heterocycles. The van der Waals surface area contributed by atoms with Gasteiger partial charge < -0.3 is 16.4 Å². The Balaban J connectivity index is 1.65. The lowest BCUT2D eigenvalue weighted by molar-refractivity contribution is -0.116. The Hall–Kier alpha value is -4.20. The van der Waals surface area contributed by atoms with E-state index in [1.807, 2.05) is 66.9 Å². The molecule has 1 aromatic carbocycles. The van der Waals surface area contributed by atoms with Crippen LogP contribution in [0.1, 0.15) is 18.0 Å². The zero-order valence-electron chi connectivity index (χ0n) is 16.0. The van der Waals surface area contributed by atoms with Crippen molar-refractivity contribution in [2.45, 2.75) is 12.5 Å². The summed E-state index contributed by atoms with van der Waals surface area (Å²) < 4.78 is 1.80. The maximum absolute atomic E-state index is 12.9. The number of primary amides is 1. The van der Waals surface area contributed by atoms with Gasteiger partial charge in [-0.15, -0.1) is 0 Å². The largest absolute Gasteiger partial charge is 0.352 e. The number of nitrogens with two attached hydrogens (primary N) is 1. The number of carbonyl (C=O) groups is 2. The molecule has 30 heavy (non-hydrogen) atoms. The van der Waals surface area contributed by atoms with Crippen molar-refractivity contribution in [2.24, 2.45) is 5.73 Å². The summed E-state index contributed by atoms with van der Waals surface area (Å²) in [6, 6.07) is 17.3. The number of hydrogen-bond acceptors (Lipinski definition) is 4. The van der Waals surface area contributed by atoms with Crippen LogP contribution in [0.5, 0.6) is 0 Å². The molecule has 4 N–H and O–H groups in total. The fourth-order valence-corrected chi connectivity index (χ4v) is 3.30. The van der Waals surface area contributed by atoms with Crippen molar-refractivity contribution in [3.63, 3.8) is 0 Å². The van der Waals surface area contributed by atoms with E-state index in [9.17, 15) is 9.59 Å². The standard InChI is InChI=1S/C22H20N6O2/c23-22(30)25-17(15-7-2-1-3-8-15)13-19(29)27-21-20(16-9-6-11-24-14-16)26-18-10-4-5-12-28(18)21/h1-12,14,17H,13H2,(H,27,29)(H3,23,25,30). The van der Waals surface area contributed by atoms with Gasteiger partial charge in [0.1, 0.15) is 17.2 Å². The van der Waals surface area contributed by atoms with Crippen LogP contribution in [0, 0.1) is 0 Å². The molecule has 3 aromatic heterocycles. The minimum absolute atomic E-state index is 0.0134. The highest BCUT2D eigenvalue weighted by atomic mass is 16.2. The molecule has 0 saturated carbocycles. The molecule has 0 fully saturated rings. The molecule has 4 rings (SSSR count). The summed E-state index contributed by atoms with van der Waals surface area (Å²) in [7, 11) is 0. The van der Waals surface area contributed by atoms with Crippen molar-refractivity contribution in [3.8, 4) is 11.3 Å². The molecule has 3 heterocycles. The second kappa shape index (κ2) is 8.44. The minimum atomic E-state index is -0.692. The number of carbonyl (C=O) groups excluding carboxylic acids is 2. The molecule has 150 valence electrons. The molecular formula is C22H20N6O2. The van der Waals surface area contributed by atoms with Crippen LogP contribution in [-0.4, -0.2) is 26.3 Å². The number of urea groups is 1. The minimum Gasteiger partial charge on any atom is -0.352 e. The van der Waals surface area contributed by atoms with Gasteiger partial charge in [0, 0.05) is 24.2 Å². The zero-order valence-corrected chi connectivity index (χ0v) is 16.0. The van der Waals surface area contributed by atoms with Gasteiger partial charge in [0.05, 0.1) is 12.5 Å². The summed E-state index contributed by atoms with van der Waals surface area (Å²) in [6.07, 6.45) is 5.21. The third kappa shape index (κ3) is 4.12. The van der Waals surface area contributed by atoms with Crippen molar-refractivity contribution in [1.29, 1.82) is 0 Å². The number of nitrogens with zero attached hydrogens (tertiary/aromatic N) is 3. The van der Waals surface area contributed by atoms with E-state index in [2.05, 4.69) is 20.6 Å². The molecule has 3 amide bonds. The van der Waals surface area contributed by atoms with E-state index in [1.165, 1.54) is 0 Å². The number of nitrogens with one attached hydrogen (secondary N) is 2. The van der Waals surface area contributed by atoms with Crippen molar-refractivity contribution in [3.05, 3.63) is 84.8 Å². The van der Waals surface area contributed by atoms with Crippen molar-refractivity contribution in [1.82, 2.24) is 19.7 Å². The number of benzene rings is 1. The first-order valence-electron chi connectivity index (χ1n) is 9.40. The molecule has 0 radical (unpaired) electrons. The molecule has 0 aliphatic rings. The lowest BCUT2D eigenvalue weighted by Crippen LogP contribution is -2.35. The normalized spacial score (nSPS) is 11.7. The van der Waals surface area contributed by atoms with Gasteiger partial charge in [-0.2, -0.15) is 0 Å². The third-order valence-corrected chi connectivity index (χ3v) is 4.63. The highest BCUT2D eigenvalue weighted by Gasteiger charge is 2.21. The molecule has 4 aromatic rings. The smallest absolute Gasteiger partial charge is 0.312 e. The zero-order chi connectivity index (χ0) is 20.9. The Labute approximate surface area is 172 Å². The van der Waals surface area contributed by atoms with Gasteiger partial charge in [0.25, 0.3) is 0 Å². The van der Waals surface area contributed by atoms with Gasteiger partial charge in [-0.25, -0.2) is 9.78 Å². The number of imidazole rings is 1. The number of amides is 3. The van der Waals surface area contributed by atoms with E-state index in [4.69, 9.17) is 5.73 Å². The number of hydrogen-bond donors (Lipinski definition) is 3. The lowest BCUT2D eigenvalue weighted by Gasteiger charge is -2.18. The van der Waals surface area contributed by atoms with Crippen LogP contribution in [-0.2, 0) is 4.79 Å². The van der Waals surface area contributed by atoms with Gasteiger partial charge in [-0.05, 0) is 29.8 Å². The number of rotatable bonds is 6. The Morgan fingerprint density at radius 2 is 1.83 bits per heavy atom. The summed E-state index contributed by atoms with van der Waals surface area (Å²) in [5.74, 6) is 0.253. The maximum atomic E-state index is 12.9. The molecule has 8 nitrogen and oxygen atoms in total. The van der Waals surface area contributed by atoms with Crippen LogP contribution >= 0.6 is 0 Å². The summed E-state index contributed by atoms with van der Waals surface area (Å²) in [6.45, 7) is 0. The lowest BCUT2D eigenvalue weighted by atomic mass is 10.0. The number of aromatic nitrogens is 3. The summed E-state index contributed by atoms with van der Waals surface area (Å²) in [4.78, 5) is 33.2. The first-order valence-corrected chi connectivity index (χ1v) is 9.40. The van der Waals surface area contributed by atoms with Gasteiger partial charge in [-0.3, -0.25) is 14.2 Å². The van der Waals surface area contributed by atoms with Crippen LogP contribution < -0.4 is 16.4 Å². The van der Waals surface area contributed by atoms with Crippen LogP contribution in [0.25, 0.3) is 16.9 Å². The average Bonchev–Trinajstić information content (AvgIpc) is 3.12. The maximum Gasteiger partial charge on any atom is 0.312 e. The quantitative estimate of drug-likeness (QED) is 0.461. The van der Waals surface area contributed by atoms with Crippen LogP contribution in [0.4, 0.5) is 10.6 Å². The SMILES string of the molecule is NC(=O)NC(CC(=O)Nc1c(-c2cccnc2)nc2ccccn12)c1ccccc1. The fourth-order valence-electron chi connectivity index (χ4n) is 3.30. The first-order chi connectivity index (χ1) is 14.6. The number of anilines is 1. The van der Waals surface area contributed by atoms with E-state index in [0.29, 0.717) is 17.2 Å². The predicted molar refractivity (Wildman–Crippen MR) is 114 cm³/mol. The van der Waals surface area contributed by atoms with Crippen LogP contribution in [0.3, 0.4) is 0 Å². The fraction of sp³-hybridized carbons (Fsp3) is 0.0909. The summed E-state index contributed by atoms with van der Waals surface area (Å²) in [5.41, 5.74) is 8.20. The summed E-state index contributed by atoms with van der Waals surface area (Å²) in [5, 5.41) is 5.58. The molecule has 0 spiro atoms. The monoisotopic (exact) mass is 400 g/mol. The molecule has 0 saturated heterocycles. The Kier molecular flexibility index (Phi) is 5.38. The Morgan fingerprint density at radius 3 is 2.57 bits per heavy atom. The molecule has 8 heteroatoms. The van der Waals surface area contributed by atoms with E-state index in [1.54, 1.807) is 16.8 Å². The Morgan fingerprint density at radius 1 is 1.03 bits per heavy atom. The molecule has 0 aliphatic carbocycles. The van der Waals surface area contributed by atoms with Gasteiger partial charge >= 0.3 is 6.03 Å². The van der Waals surface area contributed by atoms with Crippen LogP contribution in [0.2, 0.25) is 0 Å². The van der Waals surface area contributed by atoms with Gasteiger partial charge in [-0.1, -0.05) is 36.4 Å². The highest BCUT2D eigenvalue weighted by molar-refractivity contribution is 5.95. The van der Waals surface area contributed by atoms with Gasteiger partial charge in [0.2, 0.25) is 5.91 Å². The summed E-state index contributed by atoms with van der Waals surface area (Å²) >= 11 is 0. The predicted octanol–water partition coefficient (Wildman–Crippen LogP) is 3.13. The molecule has 1 atom stereocenters. The van der Waals surface area contributed by atoms with Gasteiger partial charge in [0.15, 0.2) is 0 Å². The highest BCUT2D eigenvalue weighted by Crippen LogP contribution is 2.28. The van der Waals surface area contributed by atoms with Crippen molar-refractivity contribution < 1.29 is 9.59 Å². The van der Waals surface area contributed by atoms with Crippen molar-refractivity contribution >= 4 is 23.4 Å². The number of fused-ring (bicyclic) bond motifs is 1. The van der Waals surface area contributed by atoms with E-state index in [-0.39, 0.29) is 12.3 Å². The number of pyridine rings is 2. The second-order valence-corrected chi connectivity index (χ2v) is 6.70. The third-order valence-electron chi connectivity index (χ3n) is 4.63.